The van der Waals surface area contributed by atoms with Gasteiger partial charge in [-0.15, -0.1) is 45.1 Å². The van der Waals surface area contributed by atoms with Crippen molar-refractivity contribution in [2.75, 3.05) is 13.1 Å². The number of hydrogen-bond acceptors (Lipinski definition) is 4. The zero-order valence-electron chi connectivity index (χ0n) is 37.7. The van der Waals surface area contributed by atoms with Crippen molar-refractivity contribution in [3.05, 3.63) is 54.1 Å². The molecule has 5 fully saturated rings. The van der Waals surface area contributed by atoms with Gasteiger partial charge in [0.2, 0.25) is 11.8 Å². The van der Waals surface area contributed by atoms with Crippen molar-refractivity contribution in [1.29, 1.82) is 0 Å². The van der Waals surface area contributed by atoms with Crippen LogP contribution >= 0.6 is 0 Å². The highest BCUT2D eigenvalue weighted by molar-refractivity contribution is 5.88. The summed E-state index contributed by atoms with van der Waals surface area (Å²) in [5, 5.41) is 22.1. The van der Waals surface area contributed by atoms with Gasteiger partial charge in [0.15, 0.2) is 0 Å². The number of carbonyl (C=O) groups excluding carboxylic acids is 2. The number of hydrogen-bond donors (Lipinski definition) is 3. The first kappa shape index (κ1) is 51.4. The van der Waals surface area contributed by atoms with Crippen molar-refractivity contribution < 1.29 is 29.4 Å². The summed E-state index contributed by atoms with van der Waals surface area (Å²) in [4.78, 5) is 51.5. The number of aliphatic carboxylic acids is 1. The summed E-state index contributed by atoms with van der Waals surface area (Å²) in [5.74, 6) is 0.862. The number of amides is 2. The fourth-order valence-electron chi connectivity index (χ4n) is 13.4. The molecular weight excluding hydrogens is 749 g/mol. The molecule has 8 heteroatoms. The molecule has 7 rings (SSSR count). The molecule has 1 aromatic carbocycles. The van der Waals surface area contributed by atoms with Gasteiger partial charge in [0, 0.05) is 19.5 Å². The number of nitrogens with zero attached hydrogens (tertiary/aromatic N) is 1. The van der Waals surface area contributed by atoms with E-state index in [1.54, 1.807) is 18.2 Å². The zero-order chi connectivity index (χ0) is 45.6. The number of nitrogens with one attached hydrogen (secondary N) is 1. The van der Waals surface area contributed by atoms with E-state index in [9.17, 15) is 29.4 Å². The molecule has 4 saturated carbocycles. The summed E-state index contributed by atoms with van der Waals surface area (Å²) in [6, 6.07) is 6.71. The molecule has 0 aromatic heterocycles. The van der Waals surface area contributed by atoms with Gasteiger partial charge in [0.05, 0.1) is 11.0 Å². The fourth-order valence-corrected chi connectivity index (χ4v) is 13.4. The van der Waals surface area contributed by atoms with E-state index in [2.05, 4.69) is 84.2 Å². The fraction of sp³-hybridized carbons (Fsp3) is 0.615. The van der Waals surface area contributed by atoms with Crippen LogP contribution in [0.3, 0.4) is 0 Å². The van der Waals surface area contributed by atoms with Gasteiger partial charge < -0.3 is 20.4 Å². The Bertz CT molecular complexity index is 1720. The van der Waals surface area contributed by atoms with E-state index in [0.29, 0.717) is 54.5 Å². The number of rotatable bonds is 7. The van der Waals surface area contributed by atoms with E-state index in [4.69, 9.17) is 0 Å². The maximum absolute atomic E-state index is 14.1. The molecule has 8 nitrogen and oxygen atoms in total. The second kappa shape index (κ2) is 22.2. The van der Waals surface area contributed by atoms with Crippen LogP contribution in [-0.4, -0.2) is 58.0 Å². The third-order valence-electron chi connectivity index (χ3n) is 15.5. The third kappa shape index (κ3) is 9.57. The quantitative estimate of drug-likeness (QED) is 0.186. The van der Waals surface area contributed by atoms with E-state index < -0.39 is 18.0 Å². The van der Waals surface area contributed by atoms with Gasteiger partial charge in [-0.3, -0.25) is 9.59 Å². The lowest BCUT2D eigenvalue weighted by Crippen LogP contribution is -2.62. The Kier molecular flexibility index (Phi) is 19.0. The van der Waals surface area contributed by atoms with Crippen LogP contribution in [0.25, 0.3) is 5.57 Å². The van der Waals surface area contributed by atoms with Crippen molar-refractivity contribution in [3.63, 3.8) is 0 Å². The Morgan fingerprint density at radius 3 is 2.00 bits per heavy atom. The number of fused-ring (bicyclic) bond motifs is 7. The molecule has 2 amide bonds. The van der Waals surface area contributed by atoms with Gasteiger partial charge >= 0.3 is 11.9 Å². The van der Waals surface area contributed by atoms with Crippen LogP contribution in [0.2, 0.25) is 0 Å². The van der Waals surface area contributed by atoms with Gasteiger partial charge in [-0.1, -0.05) is 72.2 Å². The predicted molar refractivity (Wildman–Crippen MR) is 244 cm³/mol. The molecule has 1 aromatic rings. The van der Waals surface area contributed by atoms with Crippen LogP contribution in [-0.2, 0) is 14.4 Å². The van der Waals surface area contributed by atoms with Gasteiger partial charge in [0.1, 0.15) is 6.04 Å². The van der Waals surface area contributed by atoms with Crippen LogP contribution < -0.4 is 5.32 Å². The molecule has 9 atom stereocenters. The lowest BCUT2D eigenvalue weighted by Gasteiger charge is -2.68. The number of benzene rings is 1. The van der Waals surface area contributed by atoms with Crippen molar-refractivity contribution in [2.24, 2.45) is 51.2 Å². The average Bonchev–Trinajstić information content (AvgIpc) is 3.93. The minimum atomic E-state index is -0.941. The minimum Gasteiger partial charge on any atom is -0.480 e. The number of carboxylic acids is 2. The predicted octanol–water partition coefficient (Wildman–Crippen LogP) is 10.4. The lowest BCUT2D eigenvalue weighted by atomic mass is 9.36. The molecule has 1 saturated heterocycles. The summed E-state index contributed by atoms with van der Waals surface area (Å²) >= 11 is 0. The summed E-state index contributed by atoms with van der Waals surface area (Å²) in [6.45, 7) is 20.0. The topological polar surface area (TPSA) is 124 Å². The summed E-state index contributed by atoms with van der Waals surface area (Å²) in [5.41, 5.74) is 2.89. The van der Waals surface area contributed by atoms with Crippen molar-refractivity contribution >= 4 is 29.3 Å². The highest BCUT2D eigenvalue weighted by Crippen LogP contribution is 2.73. The van der Waals surface area contributed by atoms with E-state index >= 15 is 0 Å². The Balaban J connectivity index is 0.00000104. The average molecular weight is 823 g/mol. The second-order valence-electron chi connectivity index (χ2n) is 18.1. The Morgan fingerprint density at radius 1 is 0.800 bits per heavy atom. The molecular formula is C52H74N2O6. The van der Waals surface area contributed by atoms with Gasteiger partial charge in [-0.25, -0.2) is 9.59 Å². The molecule has 0 radical (unpaired) electrons. The van der Waals surface area contributed by atoms with Crippen LogP contribution in [0.4, 0.5) is 0 Å². The number of allylic oxidation sites excluding steroid dienone is 3. The highest BCUT2D eigenvalue weighted by atomic mass is 16.4. The molecule has 1 heterocycles. The highest BCUT2D eigenvalue weighted by Gasteiger charge is 2.66. The standard InChI is InChI=1S/C41H56N2O6.C3H6.C2H6.3C2H2/c1-38(2)28(25-9-11-26(12-10-25)35(45)46)15-20-40(4)32(38)17-21-39(3)29-16-22-41(19-5-7-30(41)27(29)13-14-33(39)40)37(49)42-23-18-34(44)43-24-6-8-31(43)36(47)48;1-3-2;4*1-2/h9-12,15,27,29-33H,5-8,13-14,16-24H2,1-4H3,(H,42,49)(H,45,46)(H,47,48);3H,1H2,2H3;1-2H3;3*1-2H/t27-,29?,30?,31?,32?,33?,39-,40-,41-;;;;;/m0...../s1. The first-order valence-electron chi connectivity index (χ1n) is 22.1. The first-order valence-corrected chi connectivity index (χ1v) is 22.1. The van der Waals surface area contributed by atoms with Gasteiger partial charge in [-0.05, 0) is 147 Å². The minimum absolute atomic E-state index is 0.0220. The smallest absolute Gasteiger partial charge is 0.335 e. The van der Waals surface area contributed by atoms with Gasteiger partial charge in [-0.2, -0.15) is 0 Å². The molecule has 328 valence electrons. The number of carboxylic acid groups (broad SMARTS) is 2. The third-order valence-corrected chi connectivity index (χ3v) is 15.5. The molecule has 3 N–H and O–H groups in total. The maximum Gasteiger partial charge on any atom is 0.335 e. The first-order chi connectivity index (χ1) is 28.7. The van der Waals surface area contributed by atoms with Crippen LogP contribution in [0.1, 0.15) is 148 Å². The Hall–Kier alpha value is -4.74. The number of carbonyl (C=O) groups is 4. The van der Waals surface area contributed by atoms with Crippen LogP contribution in [0.15, 0.2) is 43.0 Å². The van der Waals surface area contributed by atoms with E-state index in [1.165, 1.54) is 36.2 Å². The monoisotopic (exact) mass is 823 g/mol. The SMILES string of the molecule is C#C.C#C.C#C.C=CC.CC.CC1(C)C(c2ccc(C(=O)O)cc2)=CC[C@@]2(C)C1CC[C@@]1(C)C3CC[C@@]4(C(=O)NCCC(=O)N5CCCC5C(=O)O)CCCC4[C@H]3CCC12. The lowest BCUT2D eigenvalue weighted by molar-refractivity contribution is -0.181. The molecule has 5 aliphatic carbocycles. The Morgan fingerprint density at radius 2 is 1.42 bits per heavy atom. The van der Waals surface area contributed by atoms with E-state index in [1.807, 2.05) is 32.9 Å². The number of aromatic carboxylic acids is 1. The number of likely N-dealkylation sites (tertiary alicyclic amines) is 1. The number of terminal acetylenes is 3. The molecule has 0 bridgehead atoms. The summed E-state index contributed by atoms with van der Waals surface area (Å²) < 4.78 is 0. The molecule has 6 aliphatic rings. The Labute approximate surface area is 362 Å². The molecule has 1 aliphatic heterocycles. The van der Waals surface area contributed by atoms with Crippen molar-refractivity contribution in [2.45, 2.75) is 138 Å². The molecule has 0 spiro atoms. The normalized spacial score (nSPS) is 32.4. The van der Waals surface area contributed by atoms with Crippen LogP contribution in [0.5, 0.6) is 0 Å². The van der Waals surface area contributed by atoms with Crippen molar-refractivity contribution in [3.8, 4) is 38.5 Å². The summed E-state index contributed by atoms with van der Waals surface area (Å²) in [7, 11) is 0. The second-order valence-corrected chi connectivity index (χ2v) is 18.1. The van der Waals surface area contributed by atoms with E-state index in [-0.39, 0.29) is 46.4 Å². The van der Waals surface area contributed by atoms with Crippen molar-refractivity contribution in [1.82, 2.24) is 10.2 Å². The largest absolute Gasteiger partial charge is 0.480 e. The zero-order valence-corrected chi connectivity index (χ0v) is 37.7. The molecule has 60 heavy (non-hydrogen) atoms. The maximum atomic E-state index is 14.1. The van der Waals surface area contributed by atoms with Gasteiger partial charge in [0.25, 0.3) is 0 Å². The summed E-state index contributed by atoms with van der Waals surface area (Å²) in [6.07, 6.45) is 40.6. The molecule has 5 unspecified atom stereocenters. The van der Waals surface area contributed by atoms with Crippen LogP contribution in [0, 0.1) is 89.8 Å². The van der Waals surface area contributed by atoms with E-state index in [0.717, 1.165) is 44.1 Å².